The van der Waals surface area contributed by atoms with E-state index in [2.05, 4.69) is 63.2 Å². The summed E-state index contributed by atoms with van der Waals surface area (Å²) in [5.74, 6) is -9.49. The van der Waals surface area contributed by atoms with Crippen LogP contribution in [0.25, 0.3) is 11.1 Å². The van der Waals surface area contributed by atoms with E-state index in [9.17, 15) is 74.7 Å². The lowest BCUT2D eigenvalue weighted by molar-refractivity contribution is -0.433. The largest absolute Gasteiger partial charge is 0.504 e. The lowest BCUT2D eigenvalue weighted by Gasteiger charge is -2.54. The maximum Gasteiger partial charge on any atom is 0.261 e. The minimum Gasteiger partial charge on any atom is -0.504 e. The van der Waals surface area contributed by atoms with E-state index in [0.717, 1.165) is 117 Å². The summed E-state index contributed by atoms with van der Waals surface area (Å²) in [6.07, 6.45) is -2.87. The number of β-amino-alcohol motifs (C(OH)–C–C–N with tert-alkyl or cyclic N) is 1. The van der Waals surface area contributed by atoms with Gasteiger partial charge in [-0.15, -0.1) is 0 Å². The highest BCUT2D eigenvalue weighted by Gasteiger charge is 2.55. The smallest absolute Gasteiger partial charge is 0.261 e. The van der Waals surface area contributed by atoms with Crippen molar-refractivity contribution >= 4 is 59.4 Å². The topological polar surface area (TPSA) is 453 Å². The summed E-state index contributed by atoms with van der Waals surface area (Å²) in [4.78, 5) is 109. The van der Waals surface area contributed by atoms with E-state index in [4.69, 9.17) is 18.9 Å². The van der Waals surface area contributed by atoms with Crippen LogP contribution in [0.2, 0.25) is 0 Å². The lowest BCUT2D eigenvalue weighted by atomic mass is 9.65. The molecule has 9 rings (SSSR count). The molecular formula is C69H100N10O22S. The van der Waals surface area contributed by atoms with E-state index in [-0.39, 0.29) is 53.5 Å². The number of nitrogens with one attached hydrogen (secondary N) is 6. The molecule has 102 heavy (non-hydrogen) atoms. The first-order valence-corrected chi connectivity index (χ1v) is 35.6. The summed E-state index contributed by atoms with van der Waals surface area (Å²) in [5, 5.41) is 127. The number of hydrogen-bond donors (Lipinski definition) is 16. The van der Waals surface area contributed by atoms with Gasteiger partial charge in [0.25, 0.3) is 18.2 Å². The van der Waals surface area contributed by atoms with Gasteiger partial charge in [0.15, 0.2) is 11.5 Å². The van der Waals surface area contributed by atoms with Crippen LogP contribution in [0.1, 0.15) is 107 Å². The lowest BCUT2D eigenvalue weighted by Crippen LogP contribution is -2.64. The molecule has 564 valence electrons. The molecule has 0 bridgehead atoms. The highest BCUT2D eigenvalue weighted by Crippen LogP contribution is 2.49. The van der Waals surface area contributed by atoms with Crippen molar-refractivity contribution in [2.75, 3.05) is 84.7 Å². The Kier molecular flexibility index (Phi) is 28.1. The first-order valence-electron chi connectivity index (χ1n) is 34.9. The van der Waals surface area contributed by atoms with Crippen molar-refractivity contribution in [2.45, 2.75) is 193 Å². The summed E-state index contributed by atoms with van der Waals surface area (Å²) in [7, 11) is 3.70. The fourth-order valence-corrected chi connectivity index (χ4v) is 15.7. The Bertz CT molecular complexity index is 3300. The van der Waals surface area contributed by atoms with Gasteiger partial charge in [-0.3, -0.25) is 38.5 Å². The molecule has 6 fully saturated rings. The van der Waals surface area contributed by atoms with Crippen molar-refractivity contribution in [3.63, 3.8) is 0 Å². The minimum atomic E-state index is -2.16. The van der Waals surface area contributed by atoms with Crippen LogP contribution in [-0.4, -0.2) is 283 Å². The Hall–Kier alpha value is -6.90. The van der Waals surface area contributed by atoms with Gasteiger partial charge in [-0.2, -0.15) is 0 Å². The number of carbonyl (C=O) groups excluding carboxylic acids is 7. The minimum absolute atomic E-state index is 0.0674. The van der Waals surface area contributed by atoms with Crippen LogP contribution >= 0.6 is 12.3 Å². The number of piperazine rings is 1. The standard InChI is InChI=1S/C69H100N10O22S/c1-39-35-79-59(60(39)88)65(93)71-34-48(83)32-50(72-61(89)44-11-9-42(10-12-44)43-13-15-46(16-14-43)76-26-28-77(29-27-76)47-18-23-69(98-4,24-19-47)68(97-3)21-6-5-7-22-68)62(90)73-56(40(2)82)66(94)78-36-49(84)33-51(78)63(91)74-57(54(87)30-41-8-17-52(85)55(31-41)99-102-101-100-96)64(92)75-58(67(79)95)53(86)20-25-70-45(37-80)38-81/h8-17,31,39-40,45,47-51,53-54,56-60,70,80-88,96H,5-7,18-30,32-38H2,1-4H3,(H,71,93)(H,72,89)(H,73,90)(H,74,91)(H,75,92)/t39-,40+,47?,48+,49+,50?,51-,53+,54+,56-,57-,58-,59-,60-,69?/m0/s1. The molecule has 16 N–H and O–H groups in total. The molecule has 4 saturated heterocycles. The number of aliphatic hydroxyl groups excluding tert-OH is 8. The Morgan fingerprint density at radius 2 is 1.32 bits per heavy atom. The fraction of sp³-hybridized carbons (Fsp3) is 0.638. The molecule has 7 amide bonds. The molecule has 1 unspecified atom stereocenters. The van der Waals surface area contributed by atoms with Gasteiger partial charge in [-0.05, 0) is 112 Å². The van der Waals surface area contributed by atoms with Crippen LogP contribution in [0, 0.1) is 5.92 Å². The first kappa shape index (κ1) is 79.2. The Balaban J connectivity index is 0.937. The van der Waals surface area contributed by atoms with E-state index in [1.54, 1.807) is 12.1 Å². The molecule has 0 radical (unpaired) electrons. The van der Waals surface area contributed by atoms with Gasteiger partial charge in [-0.1, -0.05) is 65.9 Å². The predicted octanol–water partition coefficient (Wildman–Crippen LogP) is -1.50. The molecule has 32 nitrogen and oxygen atoms in total. The summed E-state index contributed by atoms with van der Waals surface area (Å²) in [6.45, 7) is 3.33. The van der Waals surface area contributed by atoms with Gasteiger partial charge in [0, 0.05) is 103 Å². The number of anilines is 1. The Labute approximate surface area is 596 Å². The molecule has 0 spiro atoms. The molecule has 3 aromatic rings. The number of phenolic OH excluding ortho intramolecular Hbond substituents is 1. The number of phenols is 1. The Morgan fingerprint density at radius 1 is 0.706 bits per heavy atom. The monoisotopic (exact) mass is 1450 g/mol. The second-order valence-corrected chi connectivity index (χ2v) is 28.2. The number of nitrogens with zero attached hydrogens (tertiary/aromatic N) is 4. The maximum absolute atomic E-state index is 15.0. The van der Waals surface area contributed by atoms with Gasteiger partial charge in [-0.25, -0.2) is 5.26 Å². The summed E-state index contributed by atoms with van der Waals surface area (Å²) >= 11 is 0.0714. The molecule has 33 heteroatoms. The average molecular weight is 1450 g/mol. The second kappa shape index (κ2) is 36.2. The number of fused-ring (bicyclic) bond motifs is 2. The number of rotatable bonds is 23. The third-order valence-corrected chi connectivity index (χ3v) is 21.7. The number of ether oxygens (including phenoxy) is 2. The predicted molar refractivity (Wildman–Crippen MR) is 367 cm³/mol. The quantitative estimate of drug-likeness (QED) is 0.0222. The van der Waals surface area contributed by atoms with Gasteiger partial charge in [0.2, 0.25) is 35.4 Å². The Morgan fingerprint density at radius 3 is 1.95 bits per heavy atom. The molecule has 2 aliphatic carbocycles. The second-order valence-electron chi connectivity index (χ2n) is 27.7. The van der Waals surface area contributed by atoms with Crippen molar-refractivity contribution in [1.29, 1.82) is 0 Å². The zero-order valence-corrected chi connectivity index (χ0v) is 58.7. The van der Waals surface area contributed by atoms with Crippen molar-refractivity contribution in [2.24, 2.45) is 5.92 Å². The first-order chi connectivity index (χ1) is 48.9. The maximum atomic E-state index is 15.0. The molecule has 13 atom stereocenters. The van der Waals surface area contributed by atoms with Crippen LogP contribution in [0.3, 0.4) is 0 Å². The third kappa shape index (κ3) is 18.8. The van der Waals surface area contributed by atoms with E-state index in [0.29, 0.717) is 6.04 Å². The number of amides is 7. The van der Waals surface area contributed by atoms with Gasteiger partial charge in [0.1, 0.15) is 36.3 Å². The van der Waals surface area contributed by atoms with Crippen LogP contribution in [0.4, 0.5) is 5.69 Å². The number of methoxy groups -OCH3 is 2. The van der Waals surface area contributed by atoms with Crippen LogP contribution in [-0.2, 0) is 54.0 Å². The van der Waals surface area contributed by atoms with Crippen molar-refractivity contribution < 1.29 is 108 Å². The van der Waals surface area contributed by atoms with E-state index in [1.807, 2.05) is 26.4 Å². The summed E-state index contributed by atoms with van der Waals surface area (Å²) in [5.41, 5.74) is 2.38. The summed E-state index contributed by atoms with van der Waals surface area (Å²) in [6, 6.07) is 6.41. The highest BCUT2D eigenvalue weighted by atomic mass is 32.2. The molecule has 2 saturated carbocycles. The number of carbonyl (C=O) groups is 7. The molecular weight excluding hydrogens is 1350 g/mol. The summed E-state index contributed by atoms with van der Waals surface area (Å²) < 4.78 is 22.1. The van der Waals surface area contributed by atoms with E-state index in [1.165, 1.54) is 37.6 Å². The molecule has 0 aromatic heterocycles. The zero-order chi connectivity index (χ0) is 73.6. The van der Waals surface area contributed by atoms with Crippen molar-refractivity contribution in [1.82, 2.24) is 46.6 Å². The zero-order valence-electron chi connectivity index (χ0n) is 57.8. The van der Waals surface area contributed by atoms with Crippen LogP contribution < -0.4 is 41.0 Å². The van der Waals surface area contributed by atoms with Crippen LogP contribution in [0.5, 0.6) is 11.5 Å². The van der Waals surface area contributed by atoms with Gasteiger partial charge in [0.05, 0.1) is 67.1 Å². The molecule has 6 aliphatic rings. The molecule has 4 heterocycles. The van der Waals surface area contributed by atoms with Crippen molar-refractivity contribution in [3.8, 4) is 22.6 Å². The SMILES string of the molecule is COC1(C2(OC)CCC(N3CCN(c4ccc(-c5ccc(C(=O)NC6C[C@@H](O)CNC(=O)[C@@H]7[C@@H](O)[C@@H](C)CN7C(=O)[C@H]([C@H](O)CCNC(CO)CO)NC(=O)[C@H]([C@H](O)Cc7ccc(O)c(OSOOO)c7)NC(=O)[C@@H]7C[C@@H](O)CN7C(=O)[C@H]([C@@H](C)O)NC6=O)cc5)cc4)CC3)CC2)CCCCC1. The molecule has 4 aliphatic heterocycles. The third-order valence-electron chi connectivity index (χ3n) is 21.3. The van der Waals surface area contributed by atoms with E-state index >= 15 is 4.79 Å². The normalized spacial score (nSPS) is 29.2. The van der Waals surface area contributed by atoms with E-state index < -0.39 is 184 Å². The number of hydrogen-bond acceptors (Lipinski definition) is 26. The van der Waals surface area contributed by atoms with Gasteiger partial charge >= 0.3 is 0 Å². The number of benzene rings is 3. The average Bonchev–Trinajstić information content (AvgIpc) is 0.909. The van der Waals surface area contributed by atoms with Crippen molar-refractivity contribution in [3.05, 3.63) is 77.9 Å². The highest BCUT2D eigenvalue weighted by molar-refractivity contribution is 7.90. The number of aliphatic hydroxyl groups is 8. The number of aromatic hydroxyl groups is 1. The fourth-order valence-electron chi connectivity index (χ4n) is 15.4. The van der Waals surface area contributed by atoms with Gasteiger partial charge < -0.3 is 106 Å². The molecule has 3 aromatic carbocycles. The van der Waals surface area contributed by atoms with Crippen LogP contribution in [0.15, 0.2) is 66.7 Å².